The van der Waals surface area contributed by atoms with Crippen molar-refractivity contribution in [1.82, 2.24) is 10.3 Å². The normalized spacial score (nSPS) is 11.7. The zero-order chi connectivity index (χ0) is 18.7. The Morgan fingerprint density at radius 1 is 1.08 bits per heavy atom. The molecule has 26 heavy (non-hydrogen) atoms. The Balaban J connectivity index is 1.65. The maximum atomic E-state index is 13.3. The van der Waals surface area contributed by atoms with Crippen molar-refractivity contribution in [3.05, 3.63) is 70.1 Å². The van der Waals surface area contributed by atoms with Crippen molar-refractivity contribution in [2.45, 2.75) is 25.9 Å². The van der Waals surface area contributed by atoms with Gasteiger partial charge in [-0.25, -0.2) is 4.39 Å². The van der Waals surface area contributed by atoms with Crippen molar-refractivity contribution >= 4 is 39.8 Å². The SMILES string of the molecule is CC(C)(CNc1ccnc2cc(Cl)ccc12)NCc1ccc(F)c(Cl)c1. The molecule has 0 saturated carbocycles. The molecule has 0 amide bonds. The number of fused-ring (bicyclic) bond motifs is 1. The summed E-state index contributed by atoms with van der Waals surface area (Å²) >= 11 is 11.9. The van der Waals surface area contributed by atoms with E-state index < -0.39 is 5.82 Å². The summed E-state index contributed by atoms with van der Waals surface area (Å²) in [5, 5.41) is 8.78. The number of aromatic nitrogens is 1. The Morgan fingerprint density at radius 3 is 2.65 bits per heavy atom. The Bertz CT molecular complexity index is 928. The van der Waals surface area contributed by atoms with Gasteiger partial charge in [0.05, 0.1) is 10.5 Å². The Morgan fingerprint density at radius 2 is 1.88 bits per heavy atom. The van der Waals surface area contributed by atoms with Crippen molar-refractivity contribution in [2.24, 2.45) is 0 Å². The number of nitrogens with one attached hydrogen (secondary N) is 2. The minimum absolute atomic E-state index is 0.141. The number of hydrogen-bond donors (Lipinski definition) is 2. The number of rotatable bonds is 6. The molecule has 3 rings (SSSR count). The smallest absolute Gasteiger partial charge is 0.141 e. The quantitative estimate of drug-likeness (QED) is 0.568. The van der Waals surface area contributed by atoms with Crippen molar-refractivity contribution < 1.29 is 4.39 Å². The van der Waals surface area contributed by atoms with Gasteiger partial charge in [0.25, 0.3) is 0 Å². The molecule has 0 fully saturated rings. The van der Waals surface area contributed by atoms with E-state index in [9.17, 15) is 4.39 Å². The minimum Gasteiger partial charge on any atom is -0.383 e. The fourth-order valence-corrected chi connectivity index (χ4v) is 3.01. The second kappa shape index (κ2) is 7.78. The lowest BCUT2D eigenvalue weighted by Crippen LogP contribution is -2.44. The lowest BCUT2D eigenvalue weighted by molar-refractivity contribution is 0.407. The van der Waals surface area contributed by atoms with Crippen LogP contribution in [0.4, 0.5) is 10.1 Å². The Hall–Kier alpha value is -1.88. The number of hydrogen-bond acceptors (Lipinski definition) is 3. The molecule has 1 heterocycles. The molecule has 0 atom stereocenters. The highest BCUT2D eigenvalue weighted by Crippen LogP contribution is 2.25. The van der Waals surface area contributed by atoms with Gasteiger partial charge < -0.3 is 10.6 Å². The largest absolute Gasteiger partial charge is 0.383 e. The molecular formula is C20H20Cl2FN3. The molecule has 3 nitrogen and oxygen atoms in total. The van der Waals surface area contributed by atoms with E-state index in [1.807, 2.05) is 24.3 Å². The molecule has 0 spiro atoms. The first-order chi connectivity index (χ1) is 12.3. The highest BCUT2D eigenvalue weighted by Gasteiger charge is 2.17. The summed E-state index contributed by atoms with van der Waals surface area (Å²) in [5.74, 6) is -0.402. The van der Waals surface area contributed by atoms with E-state index in [2.05, 4.69) is 29.5 Å². The molecule has 0 unspecified atom stereocenters. The molecule has 3 aromatic rings. The van der Waals surface area contributed by atoms with Gasteiger partial charge in [0, 0.05) is 40.9 Å². The second-order valence-corrected chi connectivity index (χ2v) is 7.70. The maximum Gasteiger partial charge on any atom is 0.141 e. The summed E-state index contributed by atoms with van der Waals surface area (Å²) in [6, 6.07) is 12.4. The molecule has 0 saturated heterocycles. The topological polar surface area (TPSA) is 37.0 Å². The average Bonchev–Trinajstić information content (AvgIpc) is 2.61. The predicted molar refractivity (Wildman–Crippen MR) is 108 cm³/mol. The van der Waals surface area contributed by atoms with Crippen molar-refractivity contribution in [1.29, 1.82) is 0 Å². The van der Waals surface area contributed by atoms with Gasteiger partial charge in [-0.3, -0.25) is 4.98 Å². The van der Waals surface area contributed by atoms with E-state index in [1.165, 1.54) is 6.07 Å². The van der Waals surface area contributed by atoms with Crippen LogP contribution in [0.3, 0.4) is 0 Å². The molecule has 0 bridgehead atoms. The van der Waals surface area contributed by atoms with Crippen LogP contribution in [0.1, 0.15) is 19.4 Å². The van der Waals surface area contributed by atoms with Crippen LogP contribution in [0.2, 0.25) is 10.0 Å². The molecule has 2 aromatic carbocycles. The molecule has 0 radical (unpaired) electrons. The first-order valence-corrected chi connectivity index (χ1v) is 9.07. The number of benzene rings is 2. The van der Waals surface area contributed by atoms with Crippen LogP contribution in [0.5, 0.6) is 0 Å². The molecule has 136 valence electrons. The highest BCUT2D eigenvalue weighted by atomic mass is 35.5. The molecule has 1 aromatic heterocycles. The van der Waals surface area contributed by atoms with E-state index in [-0.39, 0.29) is 10.6 Å². The summed E-state index contributed by atoms with van der Waals surface area (Å²) < 4.78 is 13.3. The zero-order valence-corrected chi connectivity index (χ0v) is 16.1. The highest BCUT2D eigenvalue weighted by molar-refractivity contribution is 6.31. The van der Waals surface area contributed by atoms with Gasteiger partial charge in [-0.05, 0) is 55.8 Å². The summed E-state index contributed by atoms with van der Waals surface area (Å²) in [4.78, 5) is 4.36. The molecule has 2 N–H and O–H groups in total. The average molecular weight is 392 g/mol. The van der Waals surface area contributed by atoms with Crippen molar-refractivity contribution in [2.75, 3.05) is 11.9 Å². The monoisotopic (exact) mass is 391 g/mol. The van der Waals surface area contributed by atoms with Crippen LogP contribution in [0.25, 0.3) is 10.9 Å². The summed E-state index contributed by atoms with van der Waals surface area (Å²) in [5.41, 5.74) is 2.61. The van der Waals surface area contributed by atoms with Crippen LogP contribution in [-0.4, -0.2) is 17.1 Å². The molecule has 0 aliphatic heterocycles. The van der Waals surface area contributed by atoms with Gasteiger partial charge in [0.1, 0.15) is 5.82 Å². The number of pyridine rings is 1. The fourth-order valence-electron chi connectivity index (χ4n) is 2.65. The first kappa shape index (κ1) is 18.9. The van der Waals surface area contributed by atoms with E-state index in [0.717, 1.165) is 22.2 Å². The standard InChI is InChI=1S/C20H20Cl2FN3/c1-20(2,26-11-13-3-6-17(23)16(22)9-13)12-25-18-7-8-24-19-10-14(21)4-5-15(18)19/h3-10,26H,11-12H2,1-2H3,(H,24,25). The van der Waals surface area contributed by atoms with Crippen LogP contribution in [0.15, 0.2) is 48.7 Å². The lowest BCUT2D eigenvalue weighted by Gasteiger charge is -2.27. The number of nitrogens with zero attached hydrogens (tertiary/aromatic N) is 1. The summed E-state index contributed by atoms with van der Waals surface area (Å²) in [7, 11) is 0. The minimum atomic E-state index is -0.402. The van der Waals surface area contributed by atoms with Crippen LogP contribution in [-0.2, 0) is 6.54 Å². The third-order valence-electron chi connectivity index (χ3n) is 4.18. The third kappa shape index (κ3) is 4.64. The number of halogens is 3. The van der Waals surface area contributed by atoms with E-state index in [4.69, 9.17) is 23.2 Å². The van der Waals surface area contributed by atoms with E-state index in [0.29, 0.717) is 18.1 Å². The van der Waals surface area contributed by atoms with Gasteiger partial charge in [-0.15, -0.1) is 0 Å². The van der Waals surface area contributed by atoms with Gasteiger partial charge in [0.15, 0.2) is 0 Å². The zero-order valence-electron chi connectivity index (χ0n) is 14.6. The molecule has 0 aliphatic carbocycles. The van der Waals surface area contributed by atoms with Crippen LogP contribution >= 0.6 is 23.2 Å². The lowest BCUT2D eigenvalue weighted by atomic mass is 10.0. The van der Waals surface area contributed by atoms with Crippen LogP contribution in [0, 0.1) is 5.82 Å². The second-order valence-electron chi connectivity index (χ2n) is 6.86. The Kier molecular flexibility index (Phi) is 5.66. The van der Waals surface area contributed by atoms with E-state index >= 15 is 0 Å². The molecule has 0 aliphatic rings. The van der Waals surface area contributed by atoms with Crippen molar-refractivity contribution in [3.63, 3.8) is 0 Å². The molecular weight excluding hydrogens is 372 g/mol. The fraction of sp³-hybridized carbons (Fsp3) is 0.250. The van der Waals surface area contributed by atoms with Gasteiger partial charge in [-0.1, -0.05) is 29.3 Å². The predicted octanol–water partition coefficient (Wildman–Crippen LogP) is 5.66. The van der Waals surface area contributed by atoms with Crippen molar-refractivity contribution in [3.8, 4) is 0 Å². The first-order valence-electron chi connectivity index (χ1n) is 8.31. The van der Waals surface area contributed by atoms with E-state index in [1.54, 1.807) is 18.3 Å². The van der Waals surface area contributed by atoms with Gasteiger partial charge in [-0.2, -0.15) is 0 Å². The summed E-state index contributed by atoms with van der Waals surface area (Å²) in [6.07, 6.45) is 1.77. The van der Waals surface area contributed by atoms with Gasteiger partial charge in [0.2, 0.25) is 0 Å². The maximum absolute atomic E-state index is 13.3. The summed E-state index contributed by atoms with van der Waals surface area (Å²) in [6.45, 7) is 5.50. The third-order valence-corrected chi connectivity index (χ3v) is 4.71. The Labute approximate surface area is 162 Å². The van der Waals surface area contributed by atoms with Gasteiger partial charge >= 0.3 is 0 Å². The number of anilines is 1. The molecule has 6 heteroatoms. The van der Waals surface area contributed by atoms with Crippen LogP contribution < -0.4 is 10.6 Å².